The van der Waals surface area contributed by atoms with Gasteiger partial charge in [0.2, 0.25) is 10.0 Å². The second-order valence-corrected chi connectivity index (χ2v) is 9.73. The van der Waals surface area contributed by atoms with Crippen molar-refractivity contribution in [3.8, 4) is 0 Å². The van der Waals surface area contributed by atoms with E-state index in [2.05, 4.69) is 4.98 Å². The number of carbonyl (C=O) groups excluding carboxylic acids is 1. The number of carbonyl (C=O) groups is 1. The van der Waals surface area contributed by atoms with Crippen molar-refractivity contribution in [3.05, 3.63) is 57.8 Å². The maximum Gasteiger partial charge on any atom is 0.340 e. The lowest BCUT2D eigenvalue weighted by atomic mass is 10.2. The number of esters is 1. The summed E-state index contributed by atoms with van der Waals surface area (Å²) < 4.78 is 33.3. The minimum Gasteiger partial charge on any atom is -0.454 e. The second-order valence-electron chi connectivity index (χ2n) is 6.80. The lowest BCUT2D eigenvalue weighted by Gasteiger charge is -2.11. The van der Waals surface area contributed by atoms with Crippen LogP contribution in [0.2, 0.25) is 10.0 Å². The molecule has 3 rings (SSSR count). The molecule has 160 valence electrons. The van der Waals surface area contributed by atoms with Crippen molar-refractivity contribution in [2.24, 2.45) is 0 Å². The molecule has 7 nitrogen and oxygen atoms in total. The topological polar surface area (TPSA) is 81.5 Å². The van der Waals surface area contributed by atoms with Crippen molar-refractivity contribution in [2.45, 2.75) is 31.4 Å². The Morgan fingerprint density at radius 1 is 1.20 bits per heavy atom. The highest BCUT2D eigenvalue weighted by Crippen LogP contribution is 2.27. The number of ether oxygens (including phenoxy) is 1. The number of benzene rings is 2. The molecule has 0 aliphatic rings. The highest BCUT2D eigenvalue weighted by Gasteiger charge is 2.21. The van der Waals surface area contributed by atoms with E-state index in [1.807, 2.05) is 11.5 Å². The van der Waals surface area contributed by atoms with Gasteiger partial charge in [-0.1, -0.05) is 36.2 Å². The quantitative estimate of drug-likeness (QED) is 0.480. The molecule has 0 aliphatic heterocycles. The summed E-state index contributed by atoms with van der Waals surface area (Å²) in [6.07, 6.45) is 0.824. The molecule has 0 amide bonds. The summed E-state index contributed by atoms with van der Waals surface area (Å²) in [5.41, 5.74) is 1.45. The van der Waals surface area contributed by atoms with Crippen LogP contribution in [0.1, 0.15) is 29.5 Å². The molecule has 0 N–H and O–H groups in total. The van der Waals surface area contributed by atoms with E-state index < -0.39 is 16.0 Å². The van der Waals surface area contributed by atoms with Crippen LogP contribution in [0.25, 0.3) is 11.0 Å². The number of nitrogens with zero attached hydrogens (tertiary/aromatic N) is 3. The van der Waals surface area contributed by atoms with Crippen LogP contribution in [0.15, 0.2) is 41.3 Å². The minimum atomic E-state index is -3.58. The van der Waals surface area contributed by atoms with Crippen LogP contribution in [-0.4, -0.2) is 42.3 Å². The monoisotopic (exact) mass is 469 g/mol. The molecule has 3 aromatic rings. The van der Waals surface area contributed by atoms with Crippen LogP contribution in [-0.2, 0) is 27.9 Å². The van der Waals surface area contributed by atoms with E-state index in [1.54, 1.807) is 24.3 Å². The van der Waals surface area contributed by atoms with Gasteiger partial charge in [0.05, 0.1) is 31.5 Å². The summed E-state index contributed by atoms with van der Waals surface area (Å²) in [6, 6.07) is 9.52. The first-order chi connectivity index (χ1) is 14.2. The second kappa shape index (κ2) is 8.93. The van der Waals surface area contributed by atoms with Crippen molar-refractivity contribution in [3.63, 3.8) is 0 Å². The number of imidazole rings is 1. The van der Waals surface area contributed by atoms with Crippen LogP contribution >= 0.6 is 23.2 Å². The molecule has 0 saturated heterocycles. The van der Waals surface area contributed by atoms with Crippen LogP contribution in [0.5, 0.6) is 0 Å². The summed E-state index contributed by atoms with van der Waals surface area (Å²) >= 11 is 12.0. The average Bonchev–Trinajstić information content (AvgIpc) is 3.05. The zero-order valence-corrected chi connectivity index (χ0v) is 19.1. The van der Waals surface area contributed by atoms with Crippen LogP contribution in [0.4, 0.5) is 0 Å². The zero-order valence-electron chi connectivity index (χ0n) is 16.7. The molecule has 0 atom stereocenters. The molecule has 1 heterocycles. The third-order valence-electron chi connectivity index (χ3n) is 4.53. The molecule has 0 fully saturated rings. The first-order valence-corrected chi connectivity index (χ1v) is 11.4. The highest BCUT2D eigenvalue weighted by molar-refractivity contribution is 7.89. The summed E-state index contributed by atoms with van der Waals surface area (Å²) in [5, 5.41) is 0.392. The maximum atomic E-state index is 12.4. The highest BCUT2D eigenvalue weighted by atomic mass is 35.5. The lowest BCUT2D eigenvalue weighted by Crippen LogP contribution is -2.22. The van der Waals surface area contributed by atoms with Crippen LogP contribution in [0.3, 0.4) is 0 Å². The van der Waals surface area contributed by atoms with Crippen LogP contribution < -0.4 is 0 Å². The molecule has 0 bridgehead atoms. The maximum absolute atomic E-state index is 12.4. The molecule has 10 heteroatoms. The van der Waals surface area contributed by atoms with Crippen molar-refractivity contribution in [2.75, 3.05) is 14.1 Å². The number of sulfonamides is 1. The predicted molar refractivity (Wildman–Crippen MR) is 116 cm³/mol. The Labute approximate surface area is 185 Å². The van der Waals surface area contributed by atoms with Crippen molar-refractivity contribution >= 4 is 50.2 Å². The van der Waals surface area contributed by atoms with Gasteiger partial charge >= 0.3 is 5.97 Å². The Hall–Kier alpha value is -2.13. The number of hydrogen-bond donors (Lipinski definition) is 0. The molecular formula is C20H21Cl2N3O4S. The van der Waals surface area contributed by atoms with Crippen molar-refractivity contribution in [1.29, 1.82) is 0 Å². The van der Waals surface area contributed by atoms with Crippen LogP contribution in [0, 0.1) is 0 Å². The van der Waals surface area contributed by atoms with Gasteiger partial charge in [-0.15, -0.1) is 0 Å². The zero-order chi connectivity index (χ0) is 22.1. The van der Waals surface area contributed by atoms with Gasteiger partial charge in [-0.2, -0.15) is 0 Å². The number of hydrogen-bond acceptors (Lipinski definition) is 5. The van der Waals surface area contributed by atoms with E-state index in [-0.39, 0.29) is 27.1 Å². The largest absolute Gasteiger partial charge is 0.454 e. The molecule has 2 aromatic carbocycles. The van der Waals surface area contributed by atoms with E-state index in [1.165, 1.54) is 26.2 Å². The van der Waals surface area contributed by atoms with E-state index in [9.17, 15) is 13.2 Å². The first kappa shape index (κ1) is 22.6. The van der Waals surface area contributed by atoms with Gasteiger partial charge in [0.15, 0.2) is 0 Å². The van der Waals surface area contributed by atoms with Gasteiger partial charge in [0, 0.05) is 20.6 Å². The first-order valence-electron chi connectivity index (χ1n) is 9.19. The molecule has 0 unspecified atom stereocenters. The number of fused-ring (bicyclic) bond motifs is 1. The number of rotatable bonds is 7. The fourth-order valence-corrected chi connectivity index (χ4v) is 4.28. The molecule has 0 spiro atoms. The van der Waals surface area contributed by atoms with Crippen molar-refractivity contribution in [1.82, 2.24) is 13.9 Å². The normalized spacial score (nSPS) is 11.9. The standard InChI is InChI=1S/C20H21Cl2N3O4S/c1-4-10-25-17-9-8-13(30(27,28)24(2)3)11-16(17)23-18(25)12-29-20(26)14-6-5-7-15(21)19(14)22/h5-9,11H,4,10,12H2,1-3H3. The third-order valence-corrected chi connectivity index (χ3v) is 7.16. The Bertz CT molecular complexity index is 1210. The van der Waals surface area contributed by atoms with Crippen molar-refractivity contribution < 1.29 is 17.9 Å². The fraction of sp³-hybridized carbons (Fsp3) is 0.300. The molecule has 30 heavy (non-hydrogen) atoms. The third kappa shape index (κ3) is 4.32. The Morgan fingerprint density at radius 3 is 2.60 bits per heavy atom. The van der Waals surface area contributed by atoms with Gasteiger partial charge in [-0.05, 0) is 36.8 Å². The van der Waals surface area contributed by atoms with Gasteiger partial charge in [-0.3, -0.25) is 0 Å². The number of aryl methyl sites for hydroxylation is 1. The van der Waals surface area contributed by atoms with Gasteiger partial charge in [0.1, 0.15) is 12.4 Å². The molecule has 0 radical (unpaired) electrons. The van der Waals surface area contributed by atoms with E-state index in [0.29, 0.717) is 17.9 Å². The minimum absolute atomic E-state index is 0.0912. The van der Waals surface area contributed by atoms with E-state index in [4.69, 9.17) is 27.9 Å². The summed E-state index contributed by atoms with van der Waals surface area (Å²) in [7, 11) is -0.637. The molecule has 0 aliphatic carbocycles. The average molecular weight is 470 g/mol. The van der Waals surface area contributed by atoms with E-state index >= 15 is 0 Å². The SMILES string of the molecule is CCCn1c(COC(=O)c2cccc(Cl)c2Cl)nc2cc(S(=O)(=O)N(C)C)ccc21. The van der Waals surface area contributed by atoms with Gasteiger partial charge in [0.25, 0.3) is 0 Å². The Balaban J connectivity index is 1.94. The molecule has 1 aromatic heterocycles. The summed E-state index contributed by atoms with van der Waals surface area (Å²) in [6.45, 7) is 2.56. The summed E-state index contributed by atoms with van der Waals surface area (Å²) in [5.74, 6) is -0.105. The summed E-state index contributed by atoms with van der Waals surface area (Å²) in [4.78, 5) is 17.1. The van der Waals surface area contributed by atoms with Gasteiger partial charge in [-0.25, -0.2) is 22.5 Å². The molecule has 0 saturated carbocycles. The van der Waals surface area contributed by atoms with E-state index in [0.717, 1.165) is 16.2 Å². The molecular weight excluding hydrogens is 449 g/mol. The fourth-order valence-electron chi connectivity index (χ4n) is 2.98. The smallest absolute Gasteiger partial charge is 0.340 e. The van der Waals surface area contributed by atoms with Gasteiger partial charge < -0.3 is 9.30 Å². The number of halogens is 2. The Morgan fingerprint density at radius 2 is 1.93 bits per heavy atom. The lowest BCUT2D eigenvalue weighted by molar-refractivity contribution is 0.0458. The predicted octanol–water partition coefficient (Wildman–Crippen LogP) is 4.36. The Kier molecular flexibility index (Phi) is 6.71. The number of aromatic nitrogens is 2.